The number of hydrogen-bond donors (Lipinski definition) is 0. The van der Waals surface area contributed by atoms with Crippen molar-refractivity contribution in [3.05, 3.63) is 0 Å². The Hall–Kier alpha value is 1.15. The summed E-state index contributed by atoms with van der Waals surface area (Å²) in [6, 6.07) is 0. The molecule has 0 aromatic heterocycles. The second kappa shape index (κ2) is 19.2. The van der Waals surface area contributed by atoms with Crippen LogP contribution in [0.5, 0.6) is 0 Å². The van der Waals surface area contributed by atoms with E-state index in [4.69, 9.17) is 5.26 Å². The fraction of sp³-hybridized carbons (Fsp3) is 0. The molecule has 0 heterocycles. The third kappa shape index (κ3) is 38.6. The molecule has 0 amide bonds. The molecular weight excluding hydrogens is 202 g/mol. The van der Waals surface area contributed by atoms with Crippen LogP contribution in [0.25, 0.3) is 0 Å². The molecule has 0 aromatic carbocycles. The van der Waals surface area contributed by atoms with Crippen molar-refractivity contribution in [2.75, 3.05) is 0 Å². The summed E-state index contributed by atoms with van der Waals surface area (Å²) in [5.41, 5.74) is 0. The van der Waals surface area contributed by atoms with Gasteiger partial charge in [-0.15, -0.1) is 0 Å². The van der Waals surface area contributed by atoms with Crippen molar-refractivity contribution < 1.29 is 52.6 Å². The van der Waals surface area contributed by atoms with Crippen LogP contribution < -0.4 is 0 Å². The molecule has 0 rings (SSSR count). The van der Waals surface area contributed by atoms with E-state index in [1.807, 2.05) is 0 Å². The Morgan fingerprint density at radius 3 is 1.60 bits per heavy atom. The van der Waals surface area contributed by atoms with Crippen LogP contribution in [0.4, 0.5) is 0 Å². The maximum atomic E-state index is 7.24. The minimum Gasteiger partial charge on any atom is 0 e. The van der Waals surface area contributed by atoms with E-state index in [0.717, 1.165) is 0 Å². The van der Waals surface area contributed by atoms with Crippen molar-refractivity contribution in [3.8, 4) is 4.97 Å². The molecule has 26 valence electrons. The molecule has 0 radical (unpaired) electrons. The Labute approximate surface area is 62.5 Å². The molecule has 1 nitrogen and oxygen atoms in total. The largest absolute Gasteiger partial charge is 0 e. The van der Waals surface area contributed by atoms with Gasteiger partial charge in [0.05, 0.1) is 0 Å². The monoisotopic (exact) mass is 201 g/mol. The van der Waals surface area contributed by atoms with E-state index < -0.39 is 0 Å². The third-order valence-corrected chi connectivity index (χ3v) is 0. The summed E-state index contributed by atoms with van der Waals surface area (Å²) in [7, 11) is 0. The van der Waals surface area contributed by atoms with E-state index in [9.17, 15) is 0 Å². The first-order valence-electron chi connectivity index (χ1n) is 0.413. The SMILES string of the molecule is N#[C][Mn].[Fe].[Zn]. The molecule has 0 bridgehead atoms. The van der Waals surface area contributed by atoms with E-state index in [-0.39, 0.29) is 36.5 Å². The van der Waals surface area contributed by atoms with Gasteiger partial charge in [-0.2, -0.15) is 0 Å². The molecule has 0 fully saturated rings. The second-order valence-electron chi connectivity index (χ2n) is 0.0845. The molecule has 0 aromatic rings. The predicted molar refractivity (Wildman–Crippen MR) is 5.61 cm³/mol. The van der Waals surface area contributed by atoms with E-state index in [0.29, 0.717) is 0 Å². The Kier molecular flexibility index (Phi) is 63.0. The van der Waals surface area contributed by atoms with E-state index in [1.54, 1.807) is 4.97 Å². The molecule has 4 heteroatoms. The van der Waals surface area contributed by atoms with Crippen LogP contribution in [0, 0.1) is 10.2 Å². The normalized spacial score (nSPS) is 1.60. The molecule has 0 N–H and O–H groups in total. The van der Waals surface area contributed by atoms with Gasteiger partial charge in [-0.3, -0.25) is 0 Å². The predicted octanol–water partition coefficient (Wildman–Crippen LogP) is 0.00928. The smallest absolute Gasteiger partial charge is 0 e. The third-order valence-electron chi connectivity index (χ3n) is 0. The topological polar surface area (TPSA) is 23.8 Å². The summed E-state index contributed by atoms with van der Waals surface area (Å²) >= 11 is 2.45. The summed E-state index contributed by atoms with van der Waals surface area (Å²) in [5, 5.41) is 7.24. The van der Waals surface area contributed by atoms with Crippen LogP contribution in [0.3, 0.4) is 0 Å². The van der Waals surface area contributed by atoms with Gasteiger partial charge in [-0.1, -0.05) is 0 Å². The molecule has 0 aliphatic heterocycles. The first-order valence-corrected chi connectivity index (χ1v) is 1.00. The number of hydrogen-bond acceptors (Lipinski definition) is 1. The summed E-state index contributed by atoms with van der Waals surface area (Å²) in [5.74, 6) is 0. The molecule has 0 saturated carbocycles. The first kappa shape index (κ1) is 16.4. The van der Waals surface area contributed by atoms with Gasteiger partial charge in [0.15, 0.2) is 0 Å². The zero-order chi connectivity index (χ0) is 2.71. The van der Waals surface area contributed by atoms with E-state index >= 15 is 0 Å². The van der Waals surface area contributed by atoms with Gasteiger partial charge in [0.2, 0.25) is 0 Å². The van der Waals surface area contributed by atoms with Crippen molar-refractivity contribution in [1.82, 2.24) is 0 Å². The Morgan fingerprint density at radius 1 is 1.60 bits per heavy atom. The summed E-state index contributed by atoms with van der Waals surface area (Å²) in [4.78, 5) is 1.56. The summed E-state index contributed by atoms with van der Waals surface area (Å²) in [6.45, 7) is 0. The van der Waals surface area contributed by atoms with E-state index in [2.05, 4.69) is 16.0 Å². The average molecular weight is 202 g/mol. The summed E-state index contributed by atoms with van der Waals surface area (Å²) in [6.07, 6.45) is 0. The Bertz CT molecular complexity index is 33.1. The van der Waals surface area contributed by atoms with Crippen molar-refractivity contribution >= 4 is 0 Å². The molecule has 5 heavy (non-hydrogen) atoms. The van der Waals surface area contributed by atoms with Crippen molar-refractivity contribution in [2.45, 2.75) is 0 Å². The van der Waals surface area contributed by atoms with Gasteiger partial charge < -0.3 is 0 Å². The molecule has 0 saturated heterocycles. The van der Waals surface area contributed by atoms with Gasteiger partial charge in [-0.05, 0) is 0 Å². The number of nitrogens with zero attached hydrogens (tertiary/aromatic N) is 1. The zero-order valence-corrected chi connectivity index (χ0v) is 7.64. The standard InChI is InChI=1S/CN.Fe.Mn.Zn/c1-2;;;. The van der Waals surface area contributed by atoms with Gasteiger partial charge >= 0.3 is 26.2 Å². The Balaban J connectivity index is -0.0000000200. The summed E-state index contributed by atoms with van der Waals surface area (Å²) < 4.78 is 0. The quantitative estimate of drug-likeness (QED) is 0.508. The van der Waals surface area contributed by atoms with Gasteiger partial charge in [-0.25, -0.2) is 0 Å². The van der Waals surface area contributed by atoms with Gasteiger partial charge in [0.25, 0.3) is 0 Å². The van der Waals surface area contributed by atoms with Gasteiger partial charge in [0, 0.05) is 36.5 Å². The van der Waals surface area contributed by atoms with Crippen molar-refractivity contribution in [3.63, 3.8) is 0 Å². The first-order chi connectivity index (χ1) is 1.41. The molecule has 0 aliphatic rings. The minimum absolute atomic E-state index is 0. The maximum absolute atomic E-state index is 7.24. The Morgan fingerprint density at radius 2 is 1.60 bits per heavy atom. The molecule has 0 aliphatic carbocycles. The fourth-order valence-corrected chi connectivity index (χ4v) is 0. The molecule has 0 spiro atoms. The average Bonchev–Trinajstić information content (AvgIpc) is 0.918. The van der Waals surface area contributed by atoms with Crippen molar-refractivity contribution in [2.24, 2.45) is 0 Å². The molecule has 0 unspecified atom stereocenters. The van der Waals surface area contributed by atoms with Crippen LogP contribution in [-0.4, -0.2) is 0 Å². The van der Waals surface area contributed by atoms with Gasteiger partial charge in [0.1, 0.15) is 0 Å². The zero-order valence-electron chi connectivity index (χ0n) is 2.39. The number of rotatable bonds is 0. The maximum Gasteiger partial charge on any atom is 0 e. The van der Waals surface area contributed by atoms with Crippen LogP contribution in [-0.2, 0) is 52.6 Å². The molecular formula is CFeMnNZn. The second-order valence-corrected chi connectivity index (χ2v) is 0.348. The van der Waals surface area contributed by atoms with Crippen molar-refractivity contribution in [1.29, 1.82) is 5.26 Å². The fourth-order valence-electron chi connectivity index (χ4n) is 0. The number of nitriles is 1. The van der Waals surface area contributed by atoms with Crippen LogP contribution in [0.15, 0.2) is 0 Å². The van der Waals surface area contributed by atoms with Crippen LogP contribution >= 0.6 is 0 Å². The van der Waals surface area contributed by atoms with Crippen LogP contribution in [0.2, 0.25) is 0 Å². The molecule has 0 atom stereocenters. The minimum atomic E-state index is 0. The van der Waals surface area contributed by atoms with Crippen LogP contribution in [0.1, 0.15) is 0 Å². The van der Waals surface area contributed by atoms with E-state index in [1.165, 1.54) is 0 Å².